The average molecular weight is 505 g/mol. The summed E-state index contributed by atoms with van der Waals surface area (Å²) in [6.45, 7) is 0.922. The number of rotatable bonds is 7. The Labute approximate surface area is 198 Å². The first kappa shape index (κ1) is 25.1. The van der Waals surface area contributed by atoms with Crippen LogP contribution in [0.25, 0.3) is 11.1 Å². The van der Waals surface area contributed by atoms with E-state index in [-0.39, 0.29) is 6.54 Å². The zero-order valence-electron chi connectivity index (χ0n) is 18.5. The zero-order chi connectivity index (χ0) is 25.3. The summed E-state index contributed by atoms with van der Waals surface area (Å²) in [7, 11) is -4.84. The molecular formula is C22H24N3O9P. The van der Waals surface area contributed by atoms with Gasteiger partial charge in [-0.05, 0) is 30.2 Å². The number of ether oxygens (including phenoxy) is 1. The number of hydrogen-bond acceptors (Lipinski definition) is 8. The second-order valence-electron chi connectivity index (χ2n) is 8.12. The maximum atomic E-state index is 13.2. The fourth-order valence-corrected chi connectivity index (χ4v) is 4.26. The molecule has 3 aromatic rings. The van der Waals surface area contributed by atoms with Gasteiger partial charge >= 0.3 is 13.5 Å². The number of aromatic nitrogens is 3. The van der Waals surface area contributed by atoms with Crippen LogP contribution in [0.5, 0.6) is 0 Å². The summed E-state index contributed by atoms with van der Waals surface area (Å²) in [5, 5.41) is 20.6. The van der Waals surface area contributed by atoms with E-state index in [2.05, 4.69) is 9.51 Å². The first-order chi connectivity index (χ1) is 16.5. The highest BCUT2D eigenvalue weighted by Crippen LogP contribution is 2.38. The SMILES string of the molecule is Cc1cc(-c2ccccc2)cc(Cn2c(=O)ccn([C@@H]3O[C@H](COP(=O)(O)O)C(O)C3O)c2=O)n1. The van der Waals surface area contributed by atoms with Crippen molar-refractivity contribution in [2.75, 3.05) is 6.61 Å². The lowest BCUT2D eigenvalue weighted by Gasteiger charge is -2.19. The summed E-state index contributed by atoms with van der Waals surface area (Å²) >= 11 is 0. The molecule has 2 aromatic heterocycles. The van der Waals surface area contributed by atoms with Crippen molar-refractivity contribution in [2.24, 2.45) is 0 Å². The van der Waals surface area contributed by atoms with Crippen LogP contribution in [0.1, 0.15) is 17.6 Å². The topological polar surface area (TPSA) is 173 Å². The molecular weight excluding hydrogens is 481 g/mol. The van der Waals surface area contributed by atoms with Gasteiger partial charge in [-0.1, -0.05) is 30.3 Å². The fraction of sp³-hybridized carbons (Fsp3) is 0.318. The van der Waals surface area contributed by atoms with Crippen molar-refractivity contribution in [3.8, 4) is 11.1 Å². The highest BCUT2D eigenvalue weighted by Gasteiger charge is 2.45. The molecule has 1 aromatic carbocycles. The third-order valence-electron chi connectivity index (χ3n) is 5.55. The molecule has 1 saturated heterocycles. The van der Waals surface area contributed by atoms with Crippen molar-refractivity contribution >= 4 is 7.82 Å². The largest absolute Gasteiger partial charge is 0.469 e. The molecule has 12 nitrogen and oxygen atoms in total. The van der Waals surface area contributed by atoms with Gasteiger partial charge in [0, 0.05) is 18.0 Å². The van der Waals surface area contributed by atoms with Gasteiger partial charge in [0.15, 0.2) is 6.23 Å². The molecule has 4 rings (SSSR count). The Bertz CT molecular complexity index is 1370. The maximum Gasteiger partial charge on any atom is 0.469 e. The average Bonchev–Trinajstić information content (AvgIpc) is 3.09. The molecule has 2 unspecified atom stereocenters. The third-order valence-corrected chi connectivity index (χ3v) is 6.03. The Morgan fingerprint density at radius 1 is 1.06 bits per heavy atom. The van der Waals surface area contributed by atoms with Crippen LogP contribution in [0.2, 0.25) is 0 Å². The molecule has 4 atom stereocenters. The molecule has 1 aliphatic rings. The summed E-state index contributed by atoms with van der Waals surface area (Å²) in [5.41, 5.74) is 1.53. The van der Waals surface area contributed by atoms with E-state index in [1.807, 2.05) is 36.4 Å². The van der Waals surface area contributed by atoms with Crippen LogP contribution in [0.4, 0.5) is 0 Å². The zero-order valence-corrected chi connectivity index (χ0v) is 19.4. The van der Waals surface area contributed by atoms with E-state index in [1.54, 1.807) is 13.0 Å². The van der Waals surface area contributed by atoms with Crippen molar-refractivity contribution in [2.45, 2.75) is 38.0 Å². The molecule has 186 valence electrons. The van der Waals surface area contributed by atoms with E-state index in [0.717, 1.165) is 32.5 Å². The van der Waals surface area contributed by atoms with E-state index in [1.165, 1.54) is 0 Å². The number of hydrogen-bond donors (Lipinski definition) is 4. The van der Waals surface area contributed by atoms with Crippen LogP contribution in [0.3, 0.4) is 0 Å². The molecule has 0 aliphatic carbocycles. The van der Waals surface area contributed by atoms with Crippen LogP contribution in [-0.2, 0) is 20.4 Å². The summed E-state index contributed by atoms with van der Waals surface area (Å²) in [6.07, 6.45) is -4.83. The van der Waals surface area contributed by atoms with Crippen LogP contribution in [0, 0.1) is 6.92 Å². The fourth-order valence-electron chi connectivity index (χ4n) is 3.92. The minimum absolute atomic E-state index is 0.157. The smallest absolute Gasteiger partial charge is 0.387 e. The Balaban J connectivity index is 1.63. The molecule has 1 aliphatic heterocycles. The minimum Gasteiger partial charge on any atom is -0.387 e. The Morgan fingerprint density at radius 2 is 1.77 bits per heavy atom. The normalized spacial score (nSPS) is 22.4. The molecule has 4 N–H and O–H groups in total. The first-order valence-electron chi connectivity index (χ1n) is 10.6. The lowest BCUT2D eigenvalue weighted by Crippen LogP contribution is -2.43. The van der Waals surface area contributed by atoms with Gasteiger partial charge in [-0.25, -0.2) is 9.36 Å². The second kappa shape index (κ2) is 9.96. The Morgan fingerprint density at radius 3 is 2.46 bits per heavy atom. The molecule has 0 amide bonds. The number of phosphoric acid groups is 1. The summed E-state index contributed by atoms with van der Waals surface area (Å²) in [4.78, 5) is 47.9. The molecule has 35 heavy (non-hydrogen) atoms. The number of benzene rings is 1. The first-order valence-corrected chi connectivity index (χ1v) is 12.1. The van der Waals surface area contributed by atoms with E-state index in [9.17, 15) is 24.4 Å². The molecule has 0 bridgehead atoms. The molecule has 0 spiro atoms. The lowest BCUT2D eigenvalue weighted by molar-refractivity contribution is -0.0548. The van der Waals surface area contributed by atoms with Gasteiger partial charge in [-0.15, -0.1) is 0 Å². The molecule has 3 heterocycles. The molecule has 1 fully saturated rings. The number of pyridine rings is 1. The van der Waals surface area contributed by atoms with Crippen molar-refractivity contribution in [1.29, 1.82) is 0 Å². The molecule has 0 saturated carbocycles. The summed E-state index contributed by atoms with van der Waals surface area (Å²) in [5.74, 6) is 0. The van der Waals surface area contributed by atoms with E-state index in [4.69, 9.17) is 14.5 Å². The standard InChI is InChI=1S/C22H24N3O9P/c1-13-9-15(14-5-3-2-4-6-14)10-16(23-13)11-25-18(26)7-8-24(22(25)29)21-20(28)19(27)17(34-21)12-33-35(30,31)32/h2-10,17,19-21,27-28H,11-12H2,1H3,(H2,30,31,32)/t17-,19?,20?,21-/m1/s1. The van der Waals surface area contributed by atoms with Gasteiger partial charge in [0.05, 0.1) is 18.8 Å². The molecule has 13 heteroatoms. The third kappa shape index (κ3) is 5.65. The number of phosphoric ester groups is 1. The number of aliphatic hydroxyl groups is 2. The van der Waals surface area contributed by atoms with Crippen LogP contribution in [-0.4, -0.2) is 59.0 Å². The summed E-state index contributed by atoms with van der Waals surface area (Å²) in [6, 6.07) is 14.3. The monoisotopic (exact) mass is 505 g/mol. The number of aryl methyl sites for hydroxylation is 1. The van der Waals surface area contributed by atoms with Crippen molar-refractivity contribution in [3.05, 3.63) is 87.0 Å². The van der Waals surface area contributed by atoms with Crippen LogP contribution in [0.15, 0.2) is 64.3 Å². The van der Waals surface area contributed by atoms with Gasteiger partial charge in [0.1, 0.15) is 18.3 Å². The van der Waals surface area contributed by atoms with Crippen molar-refractivity contribution in [1.82, 2.24) is 14.1 Å². The number of nitrogens with zero attached hydrogens (tertiary/aromatic N) is 3. The number of aliphatic hydroxyl groups excluding tert-OH is 2. The highest BCUT2D eigenvalue weighted by atomic mass is 31.2. The molecule has 0 radical (unpaired) electrons. The Kier molecular flexibility index (Phi) is 7.15. The lowest BCUT2D eigenvalue weighted by atomic mass is 10.0. The maximum absolute atomic E-state index is 13.2. The van der Waals surface area contributed by atoms with Crippen molar-refractivity contribution in [3.63, 3.8) is 0 Å². The van der Waals surface area contributed by atoms with Gasteiger partial charge in [-0.2, -0.15) is 0 Å². The Hall–Kier alpha value is -2.96. The second-order valence-corrected chi connectivity index (χ2v) is 9.36. The minimum atomic E-state index is -4.84. The van der Waals surface area contributed by atoms with Crippen molar-refractivity contribution < 1.29 is 33.8 Å². The van der Waals surface area contributed by atoms with E-state index in [0.29, 0.717) is 11.4 Å². The predicted octanol–water partition coefficient (Wildman–Crippen LogP) is 0.157. The summed E-state index contributed by atoms with van der Waals surface area (Å²) < 4.78 is 22.6. The van der Waals surface area contributed by atoms with Gasteiger partial charge in [-0.3, -0.25) is 23.4 Å². The van der Waals surface area contributed by atoms with Gasteiger partial charge in [0.2, 0.25) is 0 Å². The van der Waals surface area contributed by atoms with E-state index >= 15 is 0 Å². The van der Waals surface area contributed by atoms with Crippen LogP contribution >= 0.6 is 7.82 Å². The highest BCUT2D eigenvalue weighted by molar-refractivity contribution is 7.46. The van der Waals surface area contributed by atoms with Crippen LogP contribution < -0.4 is 11.2 Å². The quantitative estimate of drug-likeness (QED) is 0.324. The predicted molar refractivity (Wildman–Crippen MR) is 122 cm³/mol. The van der Waals surface area contributed by atoms with Gasteiger partial charge in [0.25, 0.3) is 5.56 Å². The van der Waals surface area contributed by atoms with E-state index < -0.39 is 50.2 Å². The van der Waals surface area contributed by atoms with Gasteiger partial charge < -0.3 is 24.7 Å².